The van der Waals surface area contributed by atoms with Gasteiger partial charge in [-0.1, -0.05) is 32.4 Å². The van der Waals surface area contributed by atoms with E-state index in [2.05, 4.69) is 49.2 Å². The zero-order chi connectivity index (χ0) is 13.0. The molecule has 1 heterocycles. The lowest BCUT2D eigenvalue weighted by Crippen LogP contribution is -2.43. The van der Waals surface area contributed by atoms with E-state index < -0.39 is 0 Å². The van der Waals surface area contributed by atoms with E-state index in [0.29, 0.717) is 5.92 Å². The second-order valence-electron chi connectivity index (χ2n) is 5.47. The molecule has 0 aliphatic carbocycles. The molecule has 100 valence electrons. The van der Waals surface area contributed by atoms with Crippen molar-refractivity contribution in [2.24, 2.45) is 0 Å². The van der Waals surface area contributed by atoms with Crippen LogP contribution in [0.3, 0.4) is 0 Å². The Morgan fingerprint density at radius 3 is 2.67 bits per heavy atom. The average molecular weight is 246 g/mol. The normalized spacial score (nSPS) is 17.8. The van der Waals surface area contributed by atoms with E-state index in [9.17, 15) is 0 Å². The van der Waals surface area contributed by atoms with Gasteiger partial charge in [-0.05, 0) is 36.5 Å². The smallest absolute Gasteiger partial charge is 0.0399 e. The Balaban J connectivity index is 2.20. The van der Waals surface area contributed by atoms with Crippen LogP contribution in [-0.2, 0) is 0 Å². The minimum absolute atomic E-state index is 0.678. The summed E-state index contributed by atoms with van der Waals surface area (Å²) in [7, 11) is 0. The van der Waals surface area contributed by atoms with Crippen LogP contribution in [0.25, 0.3) is 0 Å². The number of piperazine rings is 1. The summed E-state index contributed by atoms with van der Waals surface area (Å²) < 4.78 is 0. The first kappa shape index (κ1) is 13.4. The van der Waals surface area contributed by atoms with Crippen LogP contribution in [0, 0.1) is 6.92 Å². The predicted molar refractivity (Wildman–Crippen MR) is 79.6 cm³/mol. The molecule has 1 saturated heterocycles. The van der Waals surface area contributed by atoms with Crippen LogP contribution in [0.4, 0.5) is 5.69 Å². The molecule has 1 aliphatic rings. The first-order valence-corrected chi connectivity index (χ1v) is 7.28. The number of benzene rings is 1. The van der Waals surface area contributed by atoms with Gasteiger partial charge in [0.2, 0.25) is 0 Å². The third-order valence-electron chi connectivity index (χ3n) is 3.98. The van der Waals surface area contributed by atoms with Gasteiger partial charge in [-0.2, -0.15) is 0 Å². The van der Waals surface area contributed by atoms with Crippen molar-refractivity contribution in [3.05, 3.63) is 29.3 Å². The molecule has 1 fully saturated rings. The molecular formula is C16H26N2. The maximum absolute atomic E-state index is 3.42. The molecule has 0 bridgehead atoms. The fourth-order valence-corrected chi connectivity index (χ4v) is 2.78. The summed E-state index contributed by atoms with van der Waals surface area (Å²) in [4.78, 5) is 2.52. The third-order valence-corrected chi connectivity index (χ3v) is 3.98. The summed E-state index contributed by atoms with van der Waals surface area (Å²) in [6.07, 6.45) is 2.54. The highest BCUT2D eigenvalue weighted by Crippen LogP contribution is 2.28. The first-order chi connectivity index (χ1) is 8.72. The molecule has 2 nitrogen and oxygen atoms in total. The minimum atomic E-state index is 0.678. The molecule has 1 N–H and O–H groups in total. The lowest BCUT2D eigenvalue weighted by Gasteiger charge is -2.31. The lowest BCUT2D eigenvalue weighted by molar-refractivity contribution is 0.587. The Bertz CT molecular complexity index is 381. The van der Waals surface area contributed by atoms with Crippen LogP contribution in [0.5, 0.6) is 0 Å². The number of aryl methyl sites for hydroxylation is 1. The predicted octanol–water partition coefficient (Wildman–Crippen LogP) is 3.31. The molecule has 1 aliphatic heterocycles. The van der Waals surface area contributed by atoms with Crippen LogP contribution in [0.2, 0.25) is 0 Å². The summed E-state index contributed by atoms with van der Waals surface area (Å²) >= 11 is 0. The summed E-state index contributed by atoms with van der Waals surface area (Å²) in [5.41, 5.74) is 4.34. The standard InChI is InChI=1S/C16H26N2/c1-4-5-13(2)15-7-6-14(3)16(12-15)18-10-8-17-9-11-18/h6-7,12-13,17H,4-5,8-11H2,1-3H3. The van der Waals surface area contributed by atoms with Gasteiger partial charge in [-0.3, -0.25) is 0 Å². The molecular weight excluding hydrogens is 220 g/mol. The van der Waals surface area contributed by atoms with E-state index in [-0.39, 0.29) is 0 Å². The van der Waals surface area contributed by atoms with Crippen LogP contribution in [0.1, 0.15) is 43.7 Å². The van der Waals surface area contributed by atoms with Gasteiger partial charge in [0.05, 0.1) is 0 Å². The number of nitrogens with one attached hydrogen (secondary N) is 1. The zero-order valence-corrected chi connectivity index (χ0v) is 12.0. The molecule has 18 heavy (non-hydrogen) atoms. The summed E-state index contributed by atoms with van der Waals surface area (Å²) in [6.45, 7) is 11.3. The van der Waals surface area contributed by atoms with Gasteiger partial charge in [0, 0.05) is 31.9 Å². The molecule has 2 heteroatoms. The Labute approximate surface area is 111 Å². The number of nitrogens with zero attached hydrogens (tertiary/aromatic N) is 1. The molecule has 0 spiro atoms. The molecule has 1 unspecified atom stereocenters. The van der Waals surface area contributed by atoms with E-state index in [1.54, 1.807) is 0 Å². The molecule has 0 saturated carbocycles. The fraction of sp³-hybridized carbons (Fsp3) is 0.625. The van der Waals surface area contributed by atoms with Crippen molar-refractivity contribution < 1.29 is 0 Å². The summed E-state index contributed by atoms with van der Waals surface area (Å²) in [5, 5.41) is 3.42. The molecule has 0 aromatic heterocycles. The zero-order valence-electron chi connectivity index (χ0n) is 12.0. The van der Waals surface area contributed by atoms with Crippen molar-refractivity contribution >= 4 is 5.69 Å². The topological polar surface area (TPSA) is 15.3 Å². The van der Waals surface area contributed by atoms with Gasteiger partial charge in [-0.15, -0.1) is 0 Å². The maximum atomic E-state index is 3.42. The number of anilines is 1. The molecule has 1 atom stereocenters. The third kappa shape index (κ3) is 3.05. The van der Waals surface area contributed by atoms with E-state index >= 15 is 0 Å². The van der Waals surface area contributed by atoms with Gasteiger partial charge in [0.1, 0.15) is 0 Å². The monoisotopic (exact) mass is 246 g/mol. The Morgan fingerprint density at radius 1 is 1.28 bits per heavy atom. The van der Waals surface area contributed by atoms with Crippen molar-refractivity contribution in [3.8, 4) is 0 Å². The lowest BCUT2D eigenvalue weighted by atomic mass is 9.94. The SMILES string of the molecule is CCCC(C)c1ccc(C)c(N2CCNCC2)c1. The number of hydrogen-bond donors (Lipinski definition) is 1. The van der Waals surface area contributed by atoms with Gasteiger partial charge < -0.3 is 10.2 Å². The van der Waals surface area contributed by atoms with E-state index in [4.69, 9.17) is 0 Å². The van der Waals surface area contributed by atoms with Gasteiger partial charge in [0.15, 0.2) is 0 Å². The Kier molecular flexibility index (Phi) is 4.65. The molecule has 0 amide bonds. The van der Waals surface area contributed by atoms with Crippen molar-refractivity contribution in [3.63, 3.8) is 0 Å². The number of rotatable bonds is 4. The highest BCUT2D eigenvalue weighted by atomic mass is 15.2. The largest absolute Gasteiger partial charge is 0.369 e. The molecule has 1 aromatic rings. The summed E-state index contributed by atoms with van der Waals surface area (Å²) in [6, 6.07) is 7.02. The van der Waals surface area contributed by atoms with Crippen LogP contribution < -0.4 is 10.2 Å². The van der Waals surface area contributed by atoms with Gasteiger partial charge in [-0.25, -0.2) is 0 Å². The van der Waals surface area contributed by atoms with E-state index in [1.165, 1.54) is 29.7 Å². The second-order valence-corrected chi connectivity index (χ2v) is 5.47. The van der Waals surface area contributed by atoms with Crippen LogP contribution >= 0.6 is 0 Å². The summed E-state index contributed by atoms with van der Waals surface area (Å²) in [5.74, 6) is 0.678. The number of hydrogen-bond acceptors (Lipinski definition) is 2. The Hall–Kier alpha value is -1.02. The van der Waals surface area contributed by atoms with Gasteiger partial charge in [0.25, 0.3) is 0 Å². The molecule has 2 rings (SSSR count). The van der Waals surface area contributed by atoms with Crippen molar-refractivity contribution in [2.75, 3.05) is 31.1 Å². The Morgan fingerprint density at radius 2 is 2.00 bits per heavy atom. The molecule has 1 aromatic carbocycles. The fourth-order valence-electron chi connectivity index (χ4n) is 2.78. The van der Waals surface area contributed by atoms with E-state index in [0.717, 1.165) is 26.2 Å². The average Bonchev–Trinajstić information content (AvgIpc) is 2.40. The van der Waals surface area contributed by atoms with Crippen molar-refractivity contribution in [1.29, 1.82) is 0 Å². The van der Waals surface area contributed by atoms with Crippen molar-refractivity contribution in [2.45, 2.75) is 39.5 Å². The van der Waals surface area contributed by atoms with Gasteiger partial charge >= 0.3 is 0 Å². The van der Waals surface area contributed by atoms with Crippen molar-refractivity contribution in [1.82, 2.24) is 5.32 Å². The highest BCUT2D eigenvalue weighted by Gasteiger charge is 2.14. The van der Waals surface area contributed by atoms with Crippen LogP contribution in [-0.4, -0.2) is 26.2 Å². The first-order valence-electron chi connectivity index (χ1n) is 7.28. The van der Waals surface area contributed by atoms with Crippen LogP contribution in [0.15, 0.2) is 18.2 Å². The quantitative estimate of drug-likeness (QED) is 0.877. The second kappa shape index (κ2) is 6.24. The highest BCUT2D eigenvalue weighted by molar-refractivity contribution is 5.56. The minimum Gasteiger partial charge on any atom is -0.369 e. The maximum Gasteiger partial charge on any atom is 0.0399 e. The molecule has 0 radical (unpaired) electrons. The van der Waals surface area contributed by atoms with E-state index in [1.807, 2.05) is 0 Å².